The van der Waals surface area contributed by atoms with Crippen LogP contribution in [0.5, 0.6) is 5.75 Å². The van der Waals surface area contributed by atoms with Crippen LogP contribution in [0.3, 0.4) is 0 Å². The Kier molecular flexibility index (Phi) is 5.67. The Balaban J connectivity index is 1.67. The number of nitrogens with one attached hydrogen (secondary N) is 1. The molecule has 1 aromatic rings. The summed E-state index contributed by atoms with van der Waals surface area (Å²) in [5.74, 6) is 0.311. The van der Waals surface area contributed by atoms with E-state index in [0.29, 0.717) is 24.5 Å². The van der Waals surface area contributed by atoms with Gasteiger partial charge in [-0.3, -0.25) is 0 Å². The zero-order valence-corrected chi connectivity index (χ0v) is 11.8. The van der Waals surface area contributed by atoms with Crippen molar-refractivity contribution in [1.82, 2.24) is 5.32 Å². The van der Waals surface area contributed by atoms with Crippen molar-refractivity contribution in [3.8, 4) is 5.75 Å². The van der Waals surface area contributed by atoms with Crippen molar-refractivity contribution in [3.05, 3.63) is 29.8 Å². The second-order valence-electron chi connectivity index (χ2n) is 5.41. The van der Waals surface area contributed by atoms with Crippen LogP contribution >= 0.6 is 0 Å². The van der Waals surface area contributed by atoms with E-state index in [1.807, 2.05) is 12.1 Å². The van der Waals surface area contributed by atoms with Crippen molar-refractivity contribution in [1.29, 1.82) is 0 Å². The van der Waals surface area contributed by atoms with E-state index in [1.165, 1.54) is 19.3 Å². The van der Waals surface area contributed by atoms with Crippen LogP contribution in [0.15, 0.2) is 24.3 Å². The Hall–Kier alpha value is -1.06. The molecule has 1 aromatic carbocycles. The fraction of sp³-hybridized carbons (Fsp3) is 0.625. The maximum atomic E-state index is 9.23. The zero-order valence-electron chi connectivity index (χ0n) is 11.8. The van der Waals surface area contributed by atoms with Gasteiger partial charge in [0, 0.05) is 6.04 Å². The minimum absolute atomic E-state index is 0.311. The minimum atomic E-state index is 0.311. The Morgan fingerprint density at radius 2 is 1.84 bits per heavy atom. The predicted molar refractivity (Wildman–Crippen MR) is 77.2 cm³/mol. The second kappa shape index (κ2) is 7.51. The van der Waals surface area contributed by atoms with E-state index in [4.69, 9.17) is 4.74 Å². The van der Waals surface area contributed by atoms with Crippen molar-refractivity contribution in [2.75, 3.05) is 6.54 Å². The molecule has 0 unspecified atom stereocenters. The summed E-state index contributed by atoms with van der Waals surface area (Å²) in [6.07, 6.45) is 6.35. The van der Waals surface area contributed by atoms with E-state index in [1.54, 1.807) is 12.1 Å². The van der Waals surface area contributed by atoms with Crippen LogP contribution in [-0.4, -0.2) is 23.8 Å². The molecule has 1 aliphatic carbocycles. The summed E-state index contributed by atoms with van der Waals surface area (Å²) >= 11 is 0. The second-order valence-corrected chi connectivity index (χ2v) is 5.41. The highest BCUT2D eigenvalue weighted by atomic mass is 16.5. The molecular weight excluding hydrogens is 238 g/mol. The maximum absolute atomic E-state index is 9.23. The summed E-state index contributed by atoms with van der Waals surface area (Å²) in [6, 6.07) is 7.95. The van der Waals surface area contributed by atoms with Gasteiger partial charge in [0.1, 0.15) is 5.75 Å². The molecule has 106 valence electrons. The van der Waals surface area contributed by atoms with E-state index in [2.05, 4.69) is 12.2 Å². The normalized spacial score (nSPS) is 23.4. The van der Waals surface area contributed by atoms with Gasteiger partial charge in [-0.05, 0) is 56.3 Å². The number of phenols is 1. The molecule has 0 spiro atoms. The lowest BCUT2D eigenvalue weighted by molar-refractivity contribution is 0.0113. The van der Waals surface area contributed by atoms with Crippen LogP contribution in [0.25, 0.3) is 0 Å². The highest BCUT2D eigenvalue weighted by Crippen LogP contribution is 2.22. The third-order valence-corrected chi connectivity index (χ3v) is 3.78. The lowest BCUT2D eigenvalue weighted by atomic mass is 9.93. The summed E-state index contributed by atoms with van der Waals surface area (Å²) in [6.45, 7) is 3.99. The Morgan fingerprint density at radius 1 is 1.16 bits per heavy atom. The van der Waals surface area contributed by atoms with E-state index in [0.717, 1.165) is 24.9 Å². The number of ether oxygens (including phenoxy) is 1. The topological polar surface area (TPSA) is 41.5 Å². The molecule has 0 atom stereocenters. The molecule has 0 aliphatic heterocycles. The van der Waals surface area contributed by atoms with Gasteiger partial charge < -0.3 is 15.2 Å². The molecule has 3 nitrogen and oxygen atoms in total. The van der Waals surface area contributed by atoms with Crippen LogP contribution in [0.4, 0.5) is 0 Å². The van der Waals surface area contributed by atoms with Gasteiger partial charge in [0.15, 0.2) is 0 Å². The number of hydrogen-bond acceptors (Lipinski definition) is 3. The largest absolute Gasteiger partial charge is 0.508 e. The predicted octanol–water partition coefficient (Wildman–Crippen LogP) is 3.22. The Morgan fingerprint density at radius 3 is 2.47 bits per heavy atom. The first-order valence-corrected chi connectivity index (χ1v) is 7.41. The summed E-state index contributed by atoms with van der Waals surface area (Å²) in [5.41, 5.74) is 1.13. The van der Waals surface area contributed by atoms with Crippen LogP contribution < -0.4 is 5.32 Å². The molecule has 0 aromatic heterocycles. The van der Waals surface area contributed by atoms with Gasteiger partial charge in [0.25, 0.3) is 0 Å². The third kappa shape index (κ3) is 4.84. The quantitative estimate of drug-likeness (QED) is 0.828. The number of phenolic OH excluding ortho intramolecular Hbond substituents is 1. The monoisotopic (exact) mass is 263 g/mol. The van der Waals surface area contributed by atoms with Crippen molar-refractivity contribution in [2.24, 2.45) is 0 Å². The smallest absolute Gasteiger partial charge is 0.115 e. The van der Waals surface area contributed by atoms with Gasteiger partial charge >= 0.3 is 0 Å². The molecular formula is C16H25NO2. The summed E-state index contributed by atoms with van der Waals surface area (Å²) in [7, 11) is 0. The van der Waals surface area contributed by atoms with Gasteiger partial charge in [-0.25, -0.2) is 0 Å². The van der Waals surface area contributed by atoms with E-state index < -0.39 is 0 Å². The Bertz CT molecular complexity index is 356. The third-order valence-electron chi connectivity index (χ3n) is 3.78. The van der Waals surface area contributed by atoms with Crippen LogP contribution in [0.2, 0.25) is 0 Å². The lowest BCUT2D eigenvalue weighted by Gasteiger charge is -2.29. The average Bonchev–Trinajstić information content (AvgIpc) is 2.46. The molecule has 19 heavy (non-hydrogen) atoms. The molecule has 0 heterocycles. The molecule has 3 heteroatoms. The maximum Gasteiger partial charge on any atom is 0.115 e. The van der Waals surface area contributed by atoms with E-state index in [-0.39, 0.29) is 0 Å². The number of rotatable bonds is 6. The molecule has 2 N–H and O–H groups in total. The van der Waals surface area contributed by atoms with Gasteiger partial charge in [0.2, 0.25) is 0 Å². The van der Waals surface area contributed by atoms with Crippen molar-refractivity contribution in [2.45, 2.75) is 57.8 Å². The lowest BCUT2D eigenvalue weighted by Crippen LogP contribution is -2.35. The van der Waals surface area contributed by atoms with Crippen LogP contribution in [0.1, 0.15) is 44.6 Å². The number of aromatic hydroxyl groups is 1. The van der Waals surface area contributed by atoms with Crippen LogP contribution in [0, 0.1) is 0 Å². The van der Waals surface area contributed by atoms with Gasteiger partial charge in [-0.15, -0.1) is 0 Å². The summed E-state index contributed by atoms with van der Waals surface area (Å²) in [5, 5.41) is 12.8. The first kappa shape index (κ1) is 14.4. The van der Waals surface area contributed by atoms with Gasteiger partial charge in [0.05, 0.1) is 12.7 Å². The SMILES string of the molecule is CCCNC1CCC(OCc2ccc(O)cc2)CC1. The van der Waals surface area contributed by atoms with Gasteiger partial charge in [-0.2, -0.15) is 0 Å². The molecule has 0 amide bonds. The molecule has 2 rings (SSSR count). The Labute approximate surface area is 116 Å². The first-order chi connectivity index (χ1) is 9.28. The average molecular weight is 263 g/mol. The van der Waals surface area contributed by atoms with Crippen molar-refractivity contribution in [3.63, 3.8) is 0 Å². The van der Waals surface area contributed by atoms with Crippen LogP contribution in [-0.2, 0) is 11.3 Å². The highest BCUT2D eigenvalue weighted by Gasteiger charge is 2.20. The van der Waals surface area contributed by atoms with E-state index >= 15 is 0 Å². The highest BCUT2D eigenvalue weighted by molar-refractivity contribution is 5.25. The molecule has 1 aliphatic rings. The summed E-state index contributed by atoms with van der Waals surface area (Å²) in [4.78, 5) is 0. The number of hydrogen-bond donors (Lipinski definition) is 2. The standard InChI is InChI=1S/C16H25NO2/c1-2-11-17-14-5-9-16(10-6-14)19-12-13-3-7-15(18)8-4-13/h3-4,7-8,14,16-18H,2,5-6,9-12H2,1H3. The molecule has 0 saturated heterocycles. The van der Waals surface area contributed by atoms with E-state index in [9.17, 15) is 5.11 Å². The summed E-state index contributed by atoms with van der Waals surface area (Å²) < 4.78 is 5.95. The fourth-order valence-electron chi connectivity index (χ4n) is 2.59. The molecule has 0 bridgehead atoms. The zero-order chi connectivity index (χ0) is 13.5. The molecule has 1 saturated carbocycles. The molecule has 1 fully saturated rings. The minimum Gasteiger partial charge on any atom is -0.508 e. The molecule has 0 radical (unpaired) electrons. The van der Waals surface area contributed by atoms with Crippen molar-refractivity contribution < 1.29 is 9.84 Å². The van der Waals surface area contributed by atoms with Crippen molar-refractivity contribution >= 4 is 0 Å². The number of benzene rings is 1. The fourth-order valence-corrected chi connectivity index (χ4v) is 2.59. The van der Waals surface area contributed by atoms with Gasteiger partial charge in [-0.1, -0.05) is 19.1 Å². The first-order valence-electron chi connectivity index (χ1n) is 7.41.